The molecular formula is C19H22FN3O2. The minimum atomic E-state index is -0.248. The lowest BCUT2D eigenvalue weighted by atomic mass is 9.74. The van der Waals surface area contributed by atoms with Gasteiger partial charge >= 0.3 is 0 Å². The van der Waals surface area contributed by atoms with Crippen molar-refractivity contribution in [1.82, 2.24) is 10.1 Å². The summed E-state index contributed by atoms with van der Waals surface area (Å²) in [7, 11) is 0. The Bertz CT molecular complexity index is 809. The SMILES string of the molecule is CCN1CCC2(CC1)CN(C(=O)c1cc(C)on1)c1ccc(F)cc12. The van der Waals surface area contributed by atoms with Crippen LogP contribution in [0, 0.1) is 12.7 Å². The van der Waals surface area contributed by atoms with E-state index in [0.29, 0.717) is 18.0 Å². The number of amides is 1. The zero-order chi connectivity index (χ0) is 17.6. The van der Waals surface area contributed by atoms with Crippen LogP contribution in [-0.4, -0.2) is 42.1 Å². The lowest BCUT2D eigenvalue weighted by Gasteiger charge is -2.39. The third-order valence-electron chi connectivity index (χ3n) is 5.63. The van der Waals surface area contributed by atoms with Crippen LogP contribution in [0.2, 0.25) is 0 Å². The molecule has 2 aliphatic rings. The molecule has 1 fully saturated rings. The molecule has 0 unspecified atom stereocenters. The fourth-order valence-corrected chi connectivity index (χ4v) is 4.15. The Balaban J connectivity index is 1.71. The molecule has 0 radical (unpaired) electrons. The molecule has 1 aromatic carbocycles. The number of likely N-dealkylation sites (tertiary alicyclic amines) is 1. The van der Waals surface area contributed by atoms with Crippen LogP contribution in [-0.2, 0) is 5.41 Å². The van der Waals surface area contributed by atoms with E-state index in [1.165, 1.54) is 6.07 Å². The average Bonchev–Trinajstić information content (AvgIpc) is 3.18. The topological polar surface area (TPSA) is 49.6 Å². The Morgan fingerprint density at radius 3 is 2.72 bits per heavy atom. The maximum Gasteiger partial charge on any atom is 0.280 e. The average molecular weight is 343 g/mol. The van der Waals surface area contributed by atoms with Gasteiger partial charge in [0.1, 0.15) is 11.6 Å². The van der Waals surface area contributed by atoms with Gasteiger partial charge in [0.25, 0.3) is 5.91 Å². The van der Waals surface area contributed by atoms with E-state index in [-0.39, 0.29) is 17.1 Å². The molecule has 2 aliphatic heterocycles. The highest BCUT2D eigenvalue weighted by atomic mass is 19.1. The van der Waals surface area contributed by atoms with E-state index in [0.717, 1.165) is 43.7 Å². The number of aryl methyl sites for hydroxylation is 1. The summed E-state index contributed by atoms with van der Waals surface area (Å²) in [6.45, 7) is 7.46. The number of halogens is 1. The number of piperidine rings is 1. The van der Waals surface area contributed by atoms with Gasteiger partial charge in [-0.1, -0.05) is 12.1 Å². The number of rotatable bonds is 2. The van der Waals surface area contributed by atoms with Crippen LogP contribution in [0.15, 0.2) is 28.8 Å². The highest BCUT2D eigenvalue weighted by Gasteiger charge is 2.46. The molecule has 0 N–H and O–H groups in total. The van der Waals surface area contributed by atoms with Crippen LogP contribution in [0.3, 0.4) is 0 Å². The van der Waals surface area contributed by atoms with E-state index in [9.17, 15) is 9.18 Å². The number of nitrogens with zero attached hydrogens (tertiary/aromatic N) is 3. The van der Waals surface area contributed by atoms with E-state index in [2.05, 4.69) is 17.0 Å². The molecule has 0 saturated carbocycles. The summed E-state index contributed by atoms with van der Waals surface area (Å²) in [5.74, 6) is 0.176. The van der Waals surface area contributed by atoms with E-state index < -0.39 is 0 Å². The van der Waals surface area contributed by atoms with Crippen LogP contribution in [0.4, 0.5) is 10.1 Å². The molecular weight excluding hydrogens is 321 g/mol. The molecule has 0 aliphatic carbocycles. The summed E-state index contributed by atoms with van der Waals surface area (Å²) in [6.07, 6.45) is 1.86. The van der Waals surface area contributed by atoms with Gasteiger partial charge in [-0.15, -0.1) is 0 Å². The van der Waals surface area contributed by atoms with Gasteiger partial charge in [-0.2, -0.15) is 0 Å². The highest BCUT2D eigenvalue weighted by molar-refractivity contribution is 6.06. The monoisotopic (exact) mass is 343 g/mol. The quantitative estimate of drug-likeness (QED) is 0.841. The first kappa shape index (κ1) is 16.3. The number of anilines is 1. The second-order valence-electron chi connectivity index (χ2n) is 7.09. The first-order valence-corrected chi connectivity index (χ1v) is 8.80. The Kier molecular flexibility index (Phi) is 3.87. The Morgan fingerprint density at radius 1 is 1.32 bits per heavy atom. The van der Waals surface area contributed by atoms with E-state index in [1.807, 2.05) is 0 Å². The molecule has 3 heterocycles. The second kappa shape index (κ2) is 5.95. The number of fused-ring (bicyclic) bond motifs is 2. The van der Waals surface area contributed by atoms with Crippen LogP contribution >= 0.6 is 0 Å². The fraction of sp³-hybridized carbons (Fsp3) is 0.474. The zero-order valence-electron chi connectivity index (χ0n) is 14.6. The number of aromatic nitrogens is 1. The lowest BCUT2D eigenvalue weighted by Crippen LogP contribution is -2.46. The summed E-state index contributed by atoms with van der Waals surface area (Å²) < 4.78 is 19.0. The molecule has 0 atom stereocenters. The van der Waals surface area contributed by atoms with Gasteiger partial charge < -0.3 is 14.3 Å². The second-order valence-corrected chi connectivity index (χ2v) is 7.09. The summed E-state index contributed by atoms with van der Waals surface area (Å²) in [6, 6.07) is 6.40. The predicted octanol–water partition coefficient (Wildman–Crippen LogP) is 3.14. The predicted molar refractivity (Wildman–Crippen MR) is 92.3 cm³/mol. The number of carbonyl (C=O) groups is 1. The van der Waals surface area contributed by atoms with Crippen molar-refractivity contribution in [3.05, 3.63) is 47.1 Å². The molecule has 0 bridgehead atoms. The minimum absolute atomic E-state index is 0.169. The molecule has 6 heteroatoms. The molecule has 5 nitrogen and oxygen atoms in total. The molecule has 1 spiro atoms. The van der Waals surface area contributed by atoms with Gasteiger partial charge in [-0.05, 0) is 63.2 Å². The van der Waals surface area contributed by atoms with Crippen molar-refractivity contribution in [2.75, 3.05) is 31.1 Å². The maximum atomic E-state index is 14.0. The van der Waals surface area contributed by atoms with Crippen molar-refractivity contribution in [2.24, 2.45) is 0 Å². The van der Waals surface area contributed by atoms with E-state index in [4.69, 9.17) is 4.52 Å². The molecule has 4 rings (SSSR count). The van der Waals surface area contributed by atoms with Gasteiger partial charge in [0.15, 0.2) is 5.69 Å². The number of benzene rings is 1. The Hall–Kier alpha value is -2.21. The minimum Gasteiger partial charge on any atom is -0.361 e. The summed E-state index contributed by atoms with van der Waals surface area (Å²) in [5.41, 5.74) is 1.89. The summed E-state index contributed by atoms with van der Waals surface area (Å²) in [4.78, 5) is 17.1. The Morgan fingerprint density at radius 2 is 2.08 bits per heavy atom. The van der Waals surface area contributed by atoms with Gasteiger partial charge in [0.05, 0.1) is 0 Å². The van der Waals surface area contributed by atoms with Crippen LogP contribution < -0.4 is 4.90 Å². The van der Waals surface area contributed by atoms with E-state index in [1.54, 1.807) is 30.0 Å². The van der Waals surface area contributed by atoms with Crippen LogP contribution in [0.5, 0.6) is 0 Å². The van der Waals surface area contributed by atoms with Gasteiger partial charge in [0.2, 0.25) is 0 Å². The fourth-order valence-electron chi connectivity index (χ4n) is 4.15. The van der Waals surface area contributed by atoms with Crippen molar-refractivity contribution in [3.8, 4) is 0 Å². The summed E-state index contributed by atoms with van der Waals surface area (Å²) >= 11 is 0. The molecule has 25 heavy (non-hydrogen) atoms. The largest absolute Gasteiger partial charge is 0.361 e. The van der Waals surface area contributed by atoms with Crippen molar-refractivity contribution in [1.29, 1.82) is 0 Å². The number of hydrogen-bond donors (Lipinski definition) is 0. The zero-order valence-corrected chi connectivity index (χ0v) is 14.6. The van der Waals surface area contributed by atoms with E-state index >= 15 is 0 Å². The highest BCUT2D eigenvalue weighted by Crippen LogP contribution is 2.47. The van der Waals surface area contributed by atoms with Gasteiger partial charge in [0, 0.05) is 23.7 Å². The lowest BCUT2D eigenvalue weighted by molar-refractivity contribution is 0.0968. The van der Waals surface area contributed by atoms with Crippen molar-refractivity contribution < 1.29 is 13.7 Å². The van der Waals surface area contributed by atoms with Crippen molar-refractivity contribution >= 4 is 11.6 Å². The normalized spacial score (nSPS) is 19.4. The van der Waals surface area contributed by atoms with Crippen molar-refractivity contribution in [2.45, 2.75) is 32.1 Å². The first-order valence-electron chi connectivity index (χ1n) is 8.80. The molecule has 1 amide bonds. The maximum absolute atomic E-state index is 14.0. The first-order chi connectivity index (χ1) is 12.0. The summed E-state index contributed by atoms with van der Waals surface area (Å²) in [5, 5.41) is 3.86. The molecule has 132 valence electrons. The molecule has 1 saturated heterocycles. The third-order valence-corrected chi connectivity index (χ3v) is 5.63. The van der Waals surface area contributed by atoms with Gasteiger partial charge in [-0.3, -0.25) is 4.79 Å². The third kappa shape index (κ3) is 2.65. The van der Waals surface area contributed by atoms with Gasteiger partial charge in [-0.25, -0.2) is 4.39 Å². The number of carbonyl (C=O) groups excluding carboxylic acids is 1. The number of hydrogen-bond acceptors (Lipinski definition) is 4. The van der Waals surface area contributed by atoms with Crippen LogP contribution in [0.25, 0.3) is 0 Å². The standard InChI is InChI=1S/C19H22FN3O2/c1-3-22-8-6-19(7-9-22)12-23(17-5-4-14(20)11-15(17)19)18(24)16-10-13(2)25-21-16/h4-5,10-11H,3,6-9,12H2,1-2H3. The smallest absolute Gasteiger partial charge is 0.280 e. The molecule has 1 aromatic heterocycles. The molecule has 2 aromatic rings. The van der Waals surface area contributed by atoms with Crippen molar-refractivity contribution in [3.63, 3.8) is 0 Å². The Labute approximate surface area is 146 Å². The van der Waals surface area contributed by atoms with Crippen LogP contribution in [0.1, 0.15) is 41.6 Å².